The highest BCUT2D eigenvalue weighted by Crippen LogP contribution is 2.38. The predicted molar refractivity (Wildman–Crippen MR) is 168 cm³/mol. The standard InChI is InChI=1S/C31H34FN5O5.C2H6/c1-18-8-11-25(24(32)12-18)33-29-27(31(42)34(3)21-9-10-21)28(19(2)30(41)35(29)4)37(17-38)22-7-5-6-20(13-22)14-26(40)36-15-23(39)16-36;1-2/h5-8,11-13,17,21,23,33,39H,9-10,14-16H2,1-4H3;1-2H3. The molecule has 3 aromatic rings. The monoisotopic (exact) mass is 605 g/mol. The maximum Gasteiger partial charge on any atom is 0.259 e. The van der Waals surface area contributed by atoms with Crippen LogP contribution in [0.25, 0.3) is 0 Å². The number of β-amino-alcohol motifs (C(OH)–C–C–N with tert-alkyl or cyclic N) is 1. The number of pyridine rings is 1. The van der Waals surface area contributed by atoms with Crippen molar-refractivity contribution in [2.24, 2.45) is 7.05 Å². The zero-order valence-electron chi connectivity index (χ0n) is 26.1. The second kappa shape index (κ2) is 13.4. The van der Waals surface area contributed by atoms with Crippen LogP contribution in [0.4, 0.5) is 27.3 Å². The Morgan fingerprint density at radius 2 is 1.80 bits per heavy atom. The molecule has 0 atom stereocenters. The van der Waals surface area contributed by atoms with Crippen molar-refractivity contribution in [3.63, 3.8) is 0 Å². The van der Waals surface area contributed by atoms with Crippen LogP contribution in [0.3, 0.4) is 0 Å². The van der Waals surface area contributed by atoms with Crippen LogP contribution in [-0.2, 0) is 23.1 Å². The van der Waals surface area contributed by atoms with Crippen LogP contribution in [0.2, 0.25) is 0 Å². The van der Waals surface area contributed by atoms with Crippen molar-refractivity contribution in [2.75, 3.05) is 30.4 Å². The van der Waals surface area contributed by atoms with Gasteiger partial charge in [-0.2, -0.15) is 0 Å². The molecule has 11 heteroatoms. The van der Waals surface area contributed by atoms with Gasteiger partial charge in [0.05, 0.1) is 23.9 Å². The van der Waals surface area contributed by atoms with Crippen molar-refractivity contribution in [1.82, 2.24) is 14.4 Å². The van der Waals surface area contributed by atoms with E-state index in [4.69, 9.17) is 0 Å². The summed E-state index contributed by atoms with van der Waals surface area (Å²) in [6.45, 7) is 7.86. The number of amides is 3. The lowest BCUT2D eigenvalue weighted by Crippen LogP contribution is -2.53. The predicted octanol–water partition coefficient (Wildman–Crippen LogP) is 4.19. The van der Waals surface area contributed by atoms with Gasteiger partial charge >= 0.3 is 0 Å². The van der Waals surface area contributed by atoms with E-state index in [0.717, 1.165) is 12.8 Å². The van der Waals surface area contributed by atoms with E-state index >= 15 is 0 Å². The first-order valence-corrected chi connectivity index (χ1v) is 14.8. The topological polar surface area (TPSA) is 115 Å². The molecule has 0 spiro atoms. The number of hydrogen-bond donors (Lipinski definition) is 2. The molecule has 2 heterocycles. The summed E-state index contributed by atoms with van der Waals surface area (Å²) >= 11 is 0. The summed E-state index contributed by atoms with van der Waals surface area (Å²) in [5.41, 5.74) is 1.56. The van der Waals surface area contributed by atoms with Gasteiger partial charge in [0, 0.05) is 44.5 Å². The second-order valence-corrected chi connectivity index (χ2v) is 11.1. The number of carbonyl (C=O) groups is 3. The van der Waals surface area contributed by atoms with Crippen LogP contribution in [0.5, 0.6) is 0 Å². The third-order valence-electron chi connectivity index (χ3n) is 7.90. The highest BCUT2D eigenvalue weighted by atomic mass is 19.1. The molecular weight excluding hydrogens is 565 g/mol. The summed E-state index contributed by atoms with van der Waals surface area (Å²) in [7, 11) is 3.16. The van der Waals surface area contributed by atoms with Crippen molar-refractivity contribution in [1.29, 1.82) is 0 Å². The Balaban J connectivity index is 0.00000216. The van der Waals surface area contributed by atoms with E-state index in [1.54, 1.807) is 61.0 Å². The molecule has 2 N–H and O–H groups in total. The second-order valence-electron chi connectivity index (χ2n) is 11.1. The van der Waals surface area contributed by atoms with E-state index in [0.29, 0.717) is 23.2 Å². The van der Waals surface area contributed by atoms with E-state index in [9.17, 15) is 28.7 Å². The van der Waals surface area contributed by atoms with Crippen molar-refractivity contribution in [3.8, 4) is 0 Å². The van der Waals surface area contributed by atoms with Crippen molar-refractivity contribution in [2.45, 2.75) is 59.1 Å². The van der Waals surface area contributed by atoms with Gasteiger partial charge in [0.1, 0.15) is 17.2 Å². The minimum atomic E-state index is -0.558. The molecule has 5 rings (SSSR count). The van der Waals surface area contributed by atoms with Gasteiger partial charge in [-0.25, -0.2) is 4.39 Å². The summed E-state index contributed by atoms with van der Waals surface area (Å²) in [5.74, 6) is -1.09. The number of benzene rings is 2. The number of aliphatic hydroxyl groups is 1. The molecule has 0 bridgehead atoms. The van der Waals surface area contributed by atoms with E-state index in [-0.39, 0.29) is 59.8 Å². The van der Waals surface area contributed by atoms with Crippen molar-refractivity contribution < 1.29 is 23.9 Å². The molecule has 1 aromatic heterocycles. The van der Waals surface area contributed by atoms with E-state index in [1.807, 2.05) is 13.8 Å². The fourth-order valence-electron chi connectivity index (χ4n) is 5.23. The molecule has 0 unspecified atom stereocenters. The molecule has 2 fully saturated rings. The lowest BCUT2D eigenvalue weighted by Gasteiger charge is -2.36. The van der Waals surface area contributed by atoms with Crippen LogP contribution in [-0.4, -0.2) is 70.0 Å². The minimum Gasteiger partial charge on any atom is -0.389 e. The Morgan fingerprint density at radius 1 is 1.11 bits per heavy atom. The summed E-state index contributed by atoms with van der Waals surface area (Å²) in [5, 5.41) is 12.5. The third-order valence-corrected chi connectivity index (χ3v) is 7.90. The fourth-order valence-corrected chi connectivity index (χ4v) is 5.23. The van der Waals surface area contributed by atoms with E-state index in [2.05, 4.69) is 5.32 Å². The summed E-state index contributed by atoms with van der Waals surface area (Å²) < 4.78 is 16.2. The number of rotatable bonds is 9. The molecule has 1 saturated heterocycles. The lowest BCUT2D eigenvalue weighted by atomic mass is 10.0. The number of hydrogen-bond acceptors (Lipinski definition) is 6. The number of likely N-dealkylation sites (tertiary alicyclic amines) is 1. The lowest BCUT2D eigenvalue weighted by molar-refractivity contribution is -0.140. The average molecular weight is 606 g/mol. The zero-order chi connectivity index (χ0) is 32.3. The number of aliphatic hydroxyl groups excluding tert-OH is 1. The van der Waals surface area contributed by atoms with Gasteiger partial charge in [-0.15, -0.1) is 0 Å². The molecule has 2 aliphatic rings. The molecule has 1 aliphatic carbocycles. The van der Waals surface area contributed by atoms with Crippen molar-refractivity contribution >= 4 is 41.1 Å². The van der Waals surface area contributed by atoms with Gasteiger partial charge in [0.15, 0.2) is 0 Å². The first-order chi connectivity index (χ1) is 21.0. The number of carbonyl (C=O) groups excluding carboxylic acids is 3. The SMILES string of the molecule is CC.Cc1ccc(Nc2c(C(=O)N(C)C3CC3)c(N(C=O)c3cccc(CC(=O)N4CC(O)C4)c3)c(C)c(=O)n2C)c(F)c1. The van der Waals surface area contributed by atoms with Crippen molar-refractivity contribution in [3.05, 3.63) is 80.9 Å². The number of aryl methyl sites for hydroxylation is 1. The molecule has 234 valence electrons. The van der Waals surface area contributed by atoms with Gasteiger partial charge in [-0.3, -0.25) is 28.6 Å². The largest absolute Gasteiger partial charge is 0.389 e. The molecule has 10 nitrogen and oxygen atoms in total. The summed E-state index contributed by atoms with van der Waals surface area (Å²) in [6.07, 6.45) is 1.73. The normalized spacial score (nSPS) is 14.2. The minimum absolute atomic E-state index is 0.0193. The van der Waals surface area contributed by atoms with Gasteiger partial charge in [-0.1, -0.05) is 32.0 Å². The number of halogens is 1. The maximum atomic E-state index is 15.0. The quantitative estimate of drug-likeness (QED) is 0.354. The number of nitrogens with one attached hydrogen (secondary N) is 1. The average Bonchev–Trinajstić information content (AvgIpc) is 3.84. The first-order valence-electron chi connectivity index (χ1n) is 14.8. The Kier molecular flexibility index (Phi) is 9.88. The Bertz CT molecular complexity index is 1630. The van der Waals surface area contributed by atoms with E-state index in [1.165, 1.54) is 28.6 Å². The summed E-state index contributed by atoms with van der Waals surface area (Å²) in [6, 6.07) is 11.4. The van der Waals surface area contributed by atoms with Crippen LogP contribution < -0.4 is 15.8 Å². The first kappa shape index (κ1) is 32.4. The third kappa shape index (κ3) is 6.52. The number of anilines is 4. The van der Waals surface area contributed by atoms with E-state index < -0.39 is 23.4 Å². The zero-order valence-corrected chi connectivity index (χ0v) is 26.1. The van der Waals surface area contributed by atoms with Gasteiger partial charge in [-0.05, 0) is 62.1 Å². The molecule has 1 saturated carbocycles. The molecular formula is C33H40FN5O5. The number of aromatic nitrogens is 1. The van der Waals surface area contributed by atoms with Crippen LogP contribution >= 0.6 is 0 Å². The highest BCUT2D eigenvalue weighted by Gasteiger charge is 2.36. The smallest absolute Gasteiger partial charge is 0.259 e. The maximum absolute atomic E-state index is 15.0. The van der Waals surface area contributed by atoms with Gasteiger partial charge in [0.2, 0.25) is 12.3 Å². The van der Waals surface area contributed by atoms with Gasteiger partial charge < -0.3 is 20.2 Å². The molecule has 3 amide bonds. The molecule has 1 aliphatic heterocycles. The molecule has 2 aromatic carbocycles. The number of nitrogens with zero attached hydrogens (tertiary/aromatic N) is 4. The Labute approximate surface area is 256 Å². The van der Waals surface area contributed by atoms with Crippen LogP contribution in [0.1, 0.15) is 53.7 Å². The molecule has 44 heavy (non-hydrogen) atoms. The fraction of sp³-hybridized carbons (Fsp3) is 0.394. The van der Waals surface area contributed by atoms with Crippen LogP contribution in [0.15, 0.2) is 47.3 Å². The Morgan fingerprint density at radius 3 is 2.39 bits per heavy atom. The molecule has 0 radical (unpaired) electrons. The van der Waals surface area contributed by atoms with Crippen LogP contribution in [0, 0.1) is 19.7 Å². The Hall–Kier alpha value is -4.51. The summed E-state index contributed by atoms with van der Waals surface area (Å²) in [4.78, 5) is 57.4. The van der Waals surface area contributed by atoms with Gasteiger partial charge in [0.25, 0.3) is 11.5 Å². The highest BCUT2D eigenvalue weighted by molar-refractivity contribution is 6.09.